The van der Waals surface area contributed by atoms with Gasteiger partial charge in [-0.15, -0.1) is 0 Å². The minimum absolute atomic E-state index is 0. The number of H-pyrrole nitrogens is 1. The molecule has 0 aliphatic heterocycles. The number of aryl methyl sites for hydroxylation is 1. The molecule has 0 saturated heterocycles. The Morgan fingerprint density at radius 3 is 2.75 bits per heavy atom. The molecule has 4 rings (SSSR count). The molecule has 1 nitrogen and oxygen atoms in total. The third-order valence-electron chi connectivity index (χ3n) is 4.02. The molecule has 1 saturated carbocycles. The van der Waals surface area contributed by atoms with Crippen LogP contribution in [0.3, 0.4) is 0 Å². The van der Waals surface area contributed by atoms with Crippen LogP contribution in [-0.2, 0) is 12.8 Å². The van der Waals surface area contributed by atoms with Crippen molar-refractivity contribution in [3.63, 3.8) is 0 Å². The molecule has 3 aliphatic carbocycles. The smallest absolute Gasteiger partial charge is 0.0418 e. The van der Waals surface area contributed by atoms with E-state index in [-0.39, 0.29) is 1.43 Å². The van der Waals surface area contributed by atoms with Gasteiger partial charge in [0.05, 0.1) is 0 Å². The van der Waals surface area contributed by atoms with Gasteiger partial charge in [0.15, 0.2) is 0 Å². The highest BCUT2D eigenvalue weighted by Crippen LogP contribution is 2.42. The number of nitrogens with one attached hydrogen (secondary N) is 1. The minimum Gasteiger partial charge on any atom is -0.358 e. The molecule has 1 aromatic heterocycles. The fourth-order valence-electron chi connectivity index (χ4n) is 3.10. The SMILES string of the molecule is C1=c2[nH]c3c(c2=CC2CC12)CCCC3.CC.[HH]. The maximum absolute atomic E-state index is 3.62. The summed E-state index contributed by atoms with van der Waals surface area (Å²) in [6.07, 6.45) is 11.7. The Balaban J connectivity index is 0.000000344. The molecule has 1 N–H and O–H groups in total. The standard InChI is InChI=1S/C13H15N.C2H6.H2/c1-2-4-12-10(3-1)11-6-8-5-9(8)7-13(11)14-12;1-2;/h6-9,14H,1-5H2;1-2H3;1H. The second-order valence-corrected chi connectivity index (χ2v) is 5.01. The van der Waals surface area contributed by atoms with Gasteiger partial charge in [0.25, 0.3) is 0 Å². The lowest BCUT2D eigenvalue weighted by Gasteiger charge is -2.10. The van der Waals surface area contributed by atoms with Crippen molar-refractivity contribution in [2.75, 3.05) is 0 Å². The third kappa shape index (κ3) is 1.45. The van der Waals surface area contributed by atoms with Gasteiger partial charge in [0.2, 0.25) is 0 Å². The normalized spacial score (nSPS) is 28.4. The number of rotatable bonds is 0. The Kier molecular flexibility index (Phi) is 2.42. The molecule has 1 aromatic rings. The molecule has 88 valence electrons. The molecular weight excluding hydrogens is 194 g/mol. The van der Waals surface area contributed by atoms with Gasteiger partial charge < -0.3 is 4.98 Å². The van der Waals surface area contributed by atoms with Crippen LogP contribution in [0.25, 0.3) is 12.2 Å². The fourth-order valence-corrected chi connectivity index (χ4v) is 3.10. The van der Waals surface area contributed by atoms with E-state index in [2.05, 4.69) is 17.1 Å². The molecule has 0 aromatic carbocycles. The number of fused-ring (bicyclic) bond motifs is 4. The van der Waals surface area contributed by atoms with Crippen molar-refractivity contribution < 1.29 is 1.43 Å². The molecule has 1 heteroatoms. The first kappa shape index (κ1) is 10.2. The van der Waals surface area contributed by atoms with Gasteiger partial charge in [-0.1, -0.05) is 26.0 Å². The summed E-state index contributed by atoms with van der Waals surface area (Å²) >= 11 is 0. The average molecular weight is 217 g/mol. The zero-order chi connectivity index (χ0) is 11.1. The lowest BCUT2D eigenvalue weighted by atomic mass is 9.96. The summed E-state index contributed by atoms with van der Waals surface area (Å²) in [5.74, 6) is 1.77. The fraction of sp³-hybridized carbons (Fsp3) is 0.600. The Morgan fingerprint density at radius 2 is 1.88 bits per heavy atom. The van der Waals surface area contributed by atoms with Crippen LogP contribution in [0.15, 0.2) is 0 Å². The van der Waals surface area contributed by atoms with Gasteiger partial charge in [-0.05, 0) is 54.7 Å². The molecule has 3 aliphatic rings. The van der Waals surface area contributed by atoms with Crippen LogP contribution >= 0.6 is 0 Å². The first-order valence-corrected chi connectivity index (χ1v) is 6.85. The van der Waals surface area contributed by atoms with Crippen molar-refractivity contribution in [2.24, 2.45) is 11.8 Å². The van der Waals surface area contributed by atoms with Gasteiger partial charge >= 0.3 is 0 Å². The van der Waals surface area contributed by atoms with E-state index in [9.17, 15) is 0 Å². The lowest BCUT2D eigenvalue weighted by Crippen LogP contribution is -2.27. The van der Waals surface area contributed by atoms with Gasteiger partial charge in [0.1, 0.15) is 0 Å². The summed E-state index contributed by atoms with van der Waals surface area (Å²) < 4.78 is 0. The molecule has 0 radical (unpaired) electrons. The predicted molar refractivity (Wildman–Crippen MR) is 70.7 cm³/mol. The highest BCUT2D eigenvalue weighted by molar-refractivity contribution is 5.51. The first-order valence-electron chi connectivity index (χ1n) is 6.85. The highest BCUT2D eigenvalue weighted by atomic mass is 14.7. The Labute approximate surface area is 98.7 Å². The Bertz CT molecular complexity index is 512. The maximum atomic E-state index is 3.62. The predicted octanol–water partition coefficient (Wildman–Crippen LogP) is 2.38. The van der Waals surface area contributed by atoms with Crippen LogP contribution in [0.4, 0.5) is 0 Å². The zero-order valence-corrected chi connectivity index (χ0v) is 10.3. The van der Waals surface area contributed by atoms with E-state index in [1.165, 1.54) is 43.1 Å². The summed E-state index contributed by atoms with van der Waals surface area (Å²) in [6.45, 7) is 4.00. The van der Waals surface area contributed by atoms with E-state index < -0.39 is 0 Å². The van der Waals surface area contributed by atoms with Crippen molar-refractivity contribution in [2.45, 2.75) is 46.0 Å². The van der Waals surface area contributed by atoms with Gasteiger partial charge in [-0.3, -0.25) is 0 Å². The number of aromatic nitrogens is 1. The quantitative estimate of drug-likeness (QED) is 0.687. The molecule has 0 spiro atoms. The molecule has 0 amide bonds. The molecule has 2 unspecified atom stereocenters. The van der Waals surface area contributed by atoms with Crippen molar-refractivity contribution in [1.29, 1.82) is 0 Å². The molecule has 1 heterocycles. The molecule has 1 fully saturated rings. The summed E-state index contributed by atoms with van der Waals surface area (Å²) in [4.78, 5) is 3.62. The third-order valence-corrected chi connectivity index (χ3v) is 4.02. The number of hydrogen-bond donors (Lipinski definition) is 1. The van der Waals surface area contributed by atoms with E-state index in [0.29, 0.717) is 0 Å². The maximum Gasteiger partial charge on any atom is 0.0418 e. The second kappa shape index (κ2) is 3.80. The van der Waals surface area contributed by atoms with Crippen molar-refractivity contribution in [3.05, 3.63) is 21.8 Å². The molecule has 0 bridgehead atoms. The highest BCUT2D eigenvalue weighted by Gasteiger charge is 2.35. The Morgan fingerprint density at radius 1 is 1.12 bits per heavy atom. The topological polar surface area (TPSA) is 15.8 Å². The van der Waals surface area contributed by atoms with Crippen LogP contribution < -0.4 is 10.6 Å². The summed E-state index contributed by atoms with van der Waals surface area (Å²) in [7, 11) is 0. The first-order chi connectivity index (χ1) is 7.92. The van der Waals surface area contributed by atoms with E-state index in [4.69, 9.17) is 0 Å². The Hall–Kier alpha value is -0.980. The van der Waals surface area contributed by atoms with Gasteiger partial charge in [-0.2, -0.15) is 0 Å². The van der Waals surface area contributed by atoms with Gasteiger partial charge in [0, 0.05) is 12.5 Å². The van der Waals surface area contributed by atoms with E-state index >= 15 is 0 Å². The summed E-state index contributed by atoms with van der Waals surface area (Å²) in [5, 5.41) is 3.01. The zero-order valence-electron chi connectivity index (χ0n) is 10.3. The minimum atomic E-state index is 0. The van der Waals surface area contributed by atoms with E-state index in [0.717, 1.165) is 11.8 Å². The van der Waals surface area contributed by atoms with Gasteiger partial charge in [-0.25, -0.2) is 0 Å². The summed E-state index contributed by atoms with van der Waals surface area (Å²) in [6, 6.07) is 0. The van der Waals surface area contributed by atoms with E-state index in [1.54, 1.807) is 10.8 Å². The van der Waals surface area contributed by atoms with Crippen LogP contribution in [-0.4, -0.2) is 4.98 Å². The summed E-state index contributed by atoms with van der Waals surface area (Å²) in [5.41, 5.74) is 3.18. The largest absolute Gasteiger partial charge is 0.358 e. The van der Waals surface area contributed by atoms with Crippen LogP contribution in [0.2, 0.25) is 0 Å². The average Bonchev–Trinajstić information content (AvgIpc) is 3.01. The van der Waals surface area contributed by atoms with Crippen molar-refractivity contribution >= 4 is 12.2 Å². The van der Waals surface area contributed by atoms with Crippen molar-refractivity contribution in [1.82, 2.24) is 4.98 Å². The molecule has 2 atom stereocenters. The molecule has 16 heavy (non-hydrogen) atoms. The number of aromatic amines is 1. The van der Waals surface area contributed by atoms with E-state index in [1.807, 2.05) is 13.8 Å². The van der Waals surface area contributed by atoms with Crippen LogP contribution in [0.1, 0.15) is 45.8 Å². The van der Waals surface area contributed by atoms with Crippen LogP contribution in [0, 0.1) is 11.8 Å². The second-order valence-electron chi connectivity index (χ2n) is 5.01. The monoisotopic (exact) mass is 217 g/mol. The molecular formula is C15H23N. The number of hydrogen-bond acceptors (Lipinski definition) is 0. The van der Waals surface area contributed by atoms with Crippen molar-refractivity contribution in [3.8, 4) is 0 Å². The van der Waals surface area contributed by atoms with Crippen LogP contribution in [0.5, 0.6) is 0 Å². The lowest BCUT2D eigenvalue weighted by molar-refractivity contribution is 0.675.